The molecule has 0 radical (unpaired) electrons. The maximum atomic E-state index is 11.7. The van der Waals surface area contributed by atoms with Crippen molar-refractivity contribution < 1.29 is 19.8 Å². The Balaban J connectivity index is 2.17. The van der Waals surface area contributed by atoms with E-state index in [0.717, 1.165) is 4.90 Å². The molecule has 0 bridgehead atoms. The number of amides is 2. The van der Waals surface area contributed by atoms with Crippen molar-refractivity contribution in [2.24, 2.45) is 5.92 Å². The molecular weight excluding hydrogens is 222 g/mol. The molecule has 0 unspecified atom stereocenters. The van der Waals surface area contributed by atoms with Crippen LogP contribution in [0, 0.1) is 5.92 Å². The Kier molecular flexibility index (Phi) is 2.75. The third-order valence-corrected chi connectivity index (χ3v) is 3.01. The summed E-state index contributed by atoms with van der Waals surface area (Å²) in [6.45, 7) is 0. The topological polar surface area (TPSA) is 77.8 Å². The Morgan fingerprint density at radius 1 is 1.35 bits per heavy atom. The summed E-state index contributed by atoms with van der Waals surface area (Å²) in [4.78, 5) is 24.1. The van der Waals surface area contributed by atoms with E-state index in [-0.39, 0.29) is 29.7 Å². The van der Waals surface area contributed by atoms with Gasteiger partial charge in [-0.1, -0.05) is 6.07 Å². The van der Waals surface area contributed by atoms with E-state index in [1.54, 1.807) is 6.07 Å². The van der Waals surface area contributed by atoms with Gasteiger partial charge in [0.1, 0.15) is 11.5 Å². The summed E-state index contributed by atoms with van der Waals surface area (Å²) in [5.74, 6) is -0.916. The molecule has 1 fully saturated rings. The molecule has 0 aliphatic carbocycles. The van der Waals surface area contributed by atoms with Gasteiger partial charge in [0, 0.05) is 19.5 Å². The molecule has 1 aromatic rings. The van der Waals surface area contributed by atoms with Gasteiger partial charge in [0.25, 0.3) is 0 Å². The van der Waals surface area contributed by atoms with Gasteiger partial charge in [0.05, 0.1) is 5.92 Å². The zero-order valence-electron chi connectivity index (χ0n) is 9.38. The average molecular weight is 235 g/mol. The summed E-state index contributed by atoms with van der Waals surface area (Å²) in [7, 11) is 1.46. The highest BCUT2D eigenvalue weighted by atomic mass is 16.3. The number of hydrogen-bond donors (Lipinski definition) is 2. The zero-order valence-corrected chi connectivity index (χ0v) is 9.38. The van der Waals surface area contributed by atoms with Crippen molar-refractivity contribution in [2.75, 3.05) is 7.05 Å². The molecule has 2 rings (SSSR count). The van der Waals surface area contributed by atoms with Crippen LogP contribution >= 0.6 is 0 Å². The Hall–Kier alpha value is -2.04. The number of carbonyl (C=O) groups excluding carboxylic acids is 2. The molecule has 2 amide bonds. The summed E-state index contributed by atoms with van der Waals surface area (Å²) in [6.07, 6.45) is 0.483. The quantitative estimate of drug-likeness (QED) is 0.737. The second-order valence-electron chi connectivity index (χ2n) is 4.21. The van der Waals surface area contributed by atoms with Crippen LogP contribution in [-0.4, -0.2) is 34.0 Å². The molecule has 1 atom stereocenters. The van der Waals surface area contributed by atoms with Gasteiger partial charge in [-0.3, -0.25) is 14.5 Å². The smallest absolute Gasteiger partial charge is 0.232 e. The van der Waals surface area contributed by atoms with Gasteiger partial charge in [0.15, 0.2) is 0 Å². The molecule has 1 aromatic carbocycles. The SMILES string of the molecule is CN1C(=O)C[C@H](Cc2ccc(O)cc2O)C1=O. The number of hydrogen-bond acceptors (Lipinski definition) is 4. The summed E-state index contributed by atoms with van der Waals surface area (Å²) in [5.41, 5.74) is 0.559. The van der Waals surface area contributed by atoms with Crippen molar-refractivity contribution in [3.05, 3.63) is 23.8 Å². The molecule has 17 heavy (non-hydrogen) atoms. The van der Waals surface area contributed by atoms with Crippen molar-refractivity contribution in [1.29, 1.82) is 0 Å². The maximum absolute atomic E-state index is 11.7. The molecule has 1 saturated heterocycles. The average Bonchev–Trinajstić information content (AvgIpc) is 2.50. The summed E-state index contributed by atoms with van der Waals surface area (Å²) >= 11 is 0. The fourth-order valence-electron chi connectivity index (χ4n) is 1.98. The molecule has 2 N–H and O–H groups in total. The monoisotopic (exact) mass is 235 g/mol. The number of carbonyl (C=O) groups is 2. The predicted molar refractivity (Wildman–Crippen MR) is 59.4 cm³/mol. The second-order valence-corrected chi connectivity index (χ2v) is 4.21. The molecular formula is C12H13NO4. The van der Waals surface area contributed by atoms with E-state index in [4.69, 9.17) is 5.11 Å². The van der Waals surface area contributed by atoms with E-state index in [1.807, 2.05) is 0 Å². The Labute approximate surface area is 98.3 Å². The van der Waals surface area contributed by atoms with Crippen LogP contribution in [0.5, 0.6) is 11.5 Å². The first kappa shape index (κ1) is 11.4. The van der Waals surface area contributed by atoms with Crippen molar-refractivity contribution in [3.63, 3.8) is 0 Å². The molecule has 1 aliphatic heterocycles. The zero-order chi connectivity index (χ0) is 12.6. The highest BCUT2D eigenvalue weighted by Crippen LogP contribution is 2.28. The summed E-state index contributed by atoms with van der Waals surface area (Å²) in [5, 5.41) is 18.7. The van der Waals surface area contributed by atoms with Crippen LogP contribution in [0.25, 0.3) is 0 Å². The number of phenolic OH excluding ortho intramolecular Hbond substituents is 2. The van der Waals surface area contributed by atoms with E-state index >= 15 is 0 Å². The number of phenols is 2. The lowest BCUT2D eigenvalue weighted by molar-refractivity contribution is -0.137. The van der Waals surface area contributed by atoms with Crippen LogP contribution in [0.2, 0.25) is 0 Å². The number of aromatic hydroxyl groups is 2. The Morgan fingerprint density at radius 2 is 2.06 bits per heavy atom. The van der Waals surface area contributed by atoms with Gasteiger partial charge < -0.3 is 10.2 Å². The van der Waals surface area contributed by atoms with Gasteiger partial charge in [-0.25, -0.2) is 0 Å². The summed E-state index contributed by atoms with van der Waals surface area (Å²) < 4.78 is 0. The first-order valence-electron chi connectivity index (χ1n) is 5.30. The Morgan fingerprint density at radius 3 is 2.59 bits per heavy atom. The molecule has 1 heterocycles. The van der Waals surface area contributed by atoms with E-state index in [1.165, 1.54) is 19.2 Å². The van der Waals surface area contributed by atoms with E-state index in [2.05, 4.69) is 0 Å². The van der Waals surface area contributed by atoms with Gasteiger partial charge in [-0.2, -0.15) is 0 Å². The fraction of sp³-hybridized carbons (Fsp3) is 0.333. The minimum absolute atomic E-state index is 0.0304. The van der Waals surface area contributed by atoms with Crippen LogP contribution < -0.4 is 0 Å². The van der Waals surface area contributed by atoms with Gasteiger partial charge in [0.2, 0.25) is 11.8 Å². The minimum Gasteiger partial charge on any atom is -0.508 e. The first-order valence-corrected chi connectivity index (χ1v) is 5.30. The van der Waals surface area contributed by atoms with Gasteiger partial charge in [-0.05, 0) is 18.1 Å². The summed E-state index contributed by atoms with van der Waals surface area (Å²) in [6, 6.07) is 4.22. The molecule has 90 valence electrons. The van der Waals surface area contributed by atoms with Gasteiger partial charge in [-0.15, -0.1) is 0 Å². The number of benzene rings is 1. The minimum atomic E-state index is -0.414. The van der Waals surface area contributed by atoms with Crippen molar-refractivity contribution in [3.8, 4) is 11.5 Å². The lowest BCUT2D eigenvalue weighted by atomic mass is 9.97. The number of nitrogens with zero attached hydrogens (tertiary/aromatic N) is 1. The molecule has 5 nitrogen and oxygen atoms in total. The number of imide groups is 1. The highest BCUT2D eigenvalue weighted by Gasteiger charge is 2.36. The van der Waals surface area contributed by atoms with Crippen LogP contribution in [0.1, 0.15) is 12.0 Å². The third kappa shape index (κ3) is 2.08. The number of rotatable bonds is 2. The van der Waals surface area contributed by atoms with Crippen LogP contribution in [0.15, 0.2) is 18.2 Å². The van der Waals surface area contributed by atoms with E-state index in [0.29, 0.717) is 12.0 Å². The largest absolute Gasteiger partial charge is 0.508 e. The molecule has 5 heteroatoms. The van der Waals surface area contributed by atoms with E-state index in [9.17, 15) is 14.7 Å². The molecule has 1 aliphatic rings. The van der Waals surface area contributed by atoms with Crippen LogP contribution in [0.3, 0.4) is 0 Å². The Bertz CT molecular complexity index is 483. The lowest BCUT2D eigenvalue weighted by Gasteiger charge is -2.10. The van der Waals surface area contributed by atoms with Crippen molar-refractivity contribution >= 4 is 11.8 Å². The standard InChI is InChI=1S/C12H13NO4/c1-13-11(16)5-8(12(13)17)4-7-2-3-9(14)6-10(7)15/h2-3,6,8,14-15H,4-5H2,1H3/t8-/m0/s1. The third-order valence-electron chi connectivity index (χ3n) is 3.01. The maximum Gasteiger partial charge on any atom is 0.232 e. The normalized spacial score (nSPS) is 20.1. The molecule has 0 aromatic heterocycles. The van der Waals surface area contributed by atoms with Crippen molar-refractivity contribution in [2.45, 2.75) is 12.8 Å². The van der Waals surface area contributed by atoms with Crippen molar-refractivity contribution in [1.82, 2.24) is 4.90 Å². The predicted octanol–water partition coefficient (Wildman–Crippen LogP) is 0.645. The van der Waals surface area contributed by atoms with Crippen LogP contribution in [0.4, 0.5) is 0 Å². The second kappa shape index (κ2) is 4.08. The lowest BCUT2D eigenvalue weighted by Crippen LogP contribution is -2.26. The fourth-order valence-corrected chi connectivity index (χ4v) is 1.98. The van der Waals surface area contributed by atoms with E-state index < -0.39 is 5.92 Å². The molecule has 0 spiro atoms. The van der Waals surface area contributed by atoms with Gasteiger partial charge >= 0.3 is 0 Å². The first-order chi connectivity index (χ1) is 7.99. The molecule has 0 saturated carbocycles. The highest BCUT2D eigenvalue weighted by molar-refractivity contribution is 6.03. The number of likely N-dealkylation sites (tertiary alicyclic amines) is 1. The van der Waals surface area contributed by atoms with Crippen LogP contribution in [-0.2, 0) is 16.0 Å².